The number of ketones is 1. The largest absolute Gasteiger partial charge is 0.497 e. The molecule has 162 valence electrons. The Balaban J connectivity index is 1.75. The minimum atomic E-state index is -0.113. The van der Waals surface area contributed by atoms with Crippen LogP contribution < -0.4 is 10.5 Å². The van der Waals surface area contributed by atoms with Crippen molar-refractivity contribution < 1.29 is 9.53 Å². The highest BCUT2D eigenvalue weighted by Crippen LogP contribution is 2.44. The Kier molecular flexibility index (Phi) is 5.37. The van der Waals surface area contributed by atoms with Gasteiger partial charge in [-0.1, -0.05) is 23.7 Å². The van der Waals surface area contributed by atoms with Crippen LogP contribution in [0.25, 0.3) is 21.3 Å². The van der Waals surface area contributed by atoms with Crippen molar-refractivity contribution in [3.05, 3.63) is 75.3 Å². The zero-order valence-corrected chi connectivity index (χ0v) is 19.4. The highest BCUT2D eigenvalue weighted by Gasteiger charge is 2.27. The summed E-state index contributed by atoms with van der Waals surface area (Å²) in [4.78, 5) is 21.8. The molecule has 5 nitrogen and oxygen atoms in total. The number of ether oxygens (including phenoxy) is 1. The first-order valence-corrected chi connectivity index (χ1v) is 11.5. The van der Waals surface area contributed by atoms with Gasteiger partial charge in [-0.2, -0.15) is 0 Å². The first kappa shape index (κ1) is 20.9. The molecule has 0 amide bonds. The van der Waals surface area contributed by atoms with Gasteiger partial charge in [0.05, 0.1) is 12.8 Å². The molecule has 0 aliphatic carbocycles. The summed E-state index contributed by atoms with van der Waals surface area (Å²) in [5.74, 6) is 0.680. The second kappa shape index (κ2) is 8.20. The normalized spacial score (nSPS) is 13.8. The molecule has 4 aromatic rings. The van der Waals surface area contributed by atoms with Crippen LogP contribution in [0.4, 0.5) is 5.69 Å². The molecule has 1 aliphatic rings. The fourth-order valence-electron chi connectivity index (χ4n) is 4.24. The fraction of sp³-hybridized carbons (Fsp3) is 0.200. The monoisotopic (exact) mass is 463 g/mol. The molecule has 0 fully saturated rings. The number of carbonyl (C=O) groups is 1. The van der Waals surface area contributed by atoms with Crippen LogP contribution >= 0.6 is 22.9 Å². The lowest BCUT2D eigenvalue weighted by atomic mass is 9.92. The molecule has 0 saturated carbocycles. The molecule has 3 heterocycles. The first-order chi connectivity index (χ1) is 15.5. The van der Waals surface area contributed by atoms with Crippen molar-refractivity contribution in [2.75, 3.05) is 26.4 Å². The molecule has 7 heteroatoms. The number of nitrogens with zero attached hydrogens (tertiary/aromatic N) is 2. The lowest BCUT2D eigenvalue weighted by molar-refractivity contribution is 0.104. The number of thiophene rings is 1. The van der Waals surface area contributed by atoms with E-state index in [1.807, 2.05) is 24.3 Å². The third-order valence-electron chi connectivity index (χ3n) is 5.91. The van der Waals surface area contributed by atoms with Crippen molar-refractivity contribution in [2.24, 2.45) is 0 Å². The third kappa shape index (κ3) is 3.54. The van der Waals surface area contributed by atoms with Gasteiger partial charge in [-0.3, -0.25) is 4.79 Å². The Morgan fingerprint density at radius 3 is 2.56 bits per heavy atom. The highest BCUT2D eigenvalue weighted by atomic mass is 35.5. The van der Waals surface area contributed by atoms with E-state index >= 15 is 0 Å². The zero-order valence-electron chi connectivity index (χ0n) is 17.8. The predicted molar refractivity (Wildman–Crippen MR) is 131 cm³/mol. The van der Waals surface area contributed by atoms with E-state index in [9.17, 15) is 4.79 Å². The molecule has 5 rings (SSSR count). The van der Waals surface area contributed by atoms with Gasteiger partial charge in [0.1, 0.15) is 15.5 Å². The third-order valence-corrected chi connectivity index (χ3v) is 7.26. The van der Waals surface area contributed by atoms with E-state index in [0.29, 0.717) is 21.2 Å². The number of anilines is 1. The number of nitrogens with two attached hydrogens (primary N) is 1. The Morgan fingerprint density at radius 2 is 1.88 bits per heavy atom. The summed E-state index contributed by atoms with van der Waals surface area (Å²) >= 11 is 7.36. The summed E-state index contributed by atoms with van der Waals surface area (Å²) in [5, 5.41) is 1.44. The maximum absolute atomic E-state index is 13.3. The molecule has 0 saturated heterocycles. The van der Waals surface area contributed by atoms with Crippen LogP contribution in [0, 0.1) is 0 Å². The molecule has 0 radical (unpaired) electrons. The molecule has 2 aromatic heterocycles. The number of nitrogen functional groups attached to an aromatic ring is 1. The van der Waals surface area contributed by atoms with E-state index in [1.54, 1.807) is 31.4 Å². The van der Waals surface area contributed by atoms with Crippen LogP contribution in [0.3, 0.4) is 0 Å². The topological polar surface area (TPSA) is 68.4 Å². The number of fused-ring (bicyclic) bond motifs is 2. The van der Waals surface area contributed by atoms with Crippen LogP contribution in [0.5, 0.6) is 5.75 Å². The smallest absolute Gasteiger partial charge is 0.205 e. The Labute approximate surface area is 195 Å². The number of benzene rings is 2. The van der Waals surface area contributed by atoms with Crippen molar-refractivity contribution in [1.29, 1.82) is 0 Å². The second-order valence-electron chi connectivity index (χ2n) is 7.99. The number of hydrogen-bond acceptors (Lipinski definition) is 6. The number of rotatable bonds is 4. The van der Waals surface area contributed by atoms with E-state index in [1.165, 1.54) is 16.9 Å². The number of halogens is 1. The molecule has 0 spiro atoms. The SMILES string of the molecule is COc1ccc(-c2c3c(nc4sc(C(=O)c5ccc(Cl)cc5)c(N)c24)CCN(C)C3)cc1. The van der Waals surface area contributed by atoms with Gasteiger partial charge in [-0.25, -0.2) is 4.98 Å². The van der Waals surface area contributed by atoms with Crippen LogP contribution in [0.1, 0.15) is 26.5 Å². The number of methoxy groups -OCH3 is 1. The van der Waals surface area contributed by atoms with Crippen molar-refractivity contribution in [2.45, 2.75) is 13.0 Å². The molecule has 1 aliphatic heterocycles. The Morgan fingerprint density at radius 1 is 1.16 bits per heavy atom. The van der Waals surface area contributed by atoms with Crippen LogP contribution in [-0.2, 0) is 13.0 Å². The summed E-state index contributed by atoms with van der Waals surface area (Å²) in [7, 11) is 3.76. The summed E-state index contributed by atoms with van der Waals surface area (Å²) in [5.41, 5.74) is 12.0. The predicted octanol–water partition coefficient (Wildman–Crippen LogP) is 5.43. The van der Waals surface area contributed by atoms with Crippen LogP contribution in [0.15, 0.2) is 48.5 Å². The second-order valence-corrected chi connectivity index (χ2v) is 9.42. The van der Waals surface area contributed by atoms with Gasteiger partial charge in [0, 0.05) is 46.7 Å². The summed E-state index contributed by atoms with van der Waals surface area (Å²) in [6, 6.07) is 14.9. The summed E-state index contributed by atoms with van der Waals surface area (Å²) < 4.78 is 5.34. The maximum atomic E-state index is 13.3. The average molecular weight is 464 g/mol. The van der Waals surface area contributed by atoms with Crippen molar-refractivity contribution in [3.8, 4) is 16.9 Å². The quantitative estimate of drug-likeness (QED) is 0.409. The number of pyridine rings is 1. The minimum absolute atomic E-state index is 0.113. The molecule has 0 atom stereocenters. The van der Waals surface area contributed by atoms with Gasteiger partial charge in [0.25, 0.3) is 0 Å². The molecule has 32 heavy (non-hydrogen) atoms. The Hall–Kier alpha value is -2.93. The summed E-state index contributed by atoms with van der Waals surface area (Å²) in [6.45, 7) is 1.74. The van der Waals surface area contributed by atoms with E-state index in [4.69, 9.17) is 27.1 Å². The van der Waals surface area contributed by atoms with Crippen molar-refractivity contribution >= 4 is 44.6 Å². The molecule has 2 aromatic carbocycles. The maximum Gasteiger partial charge on any atom is 0.205 e. The van der Waals surface area contributed by atoms with Gasteiger partial charge < -0.3 is 15.4 Å². The molecular weight excluding hydrogens is 442 g/mol. The van der Waals surface area contributed by atoms with Gasteiger partial charge in [-0.05, 0) is 54.6 Å². The van der Waals surface area contributed by atoms with Crippen molar-refractivity contribution in [3.63, 3.8) is 0 Å². The van der Waals surface area contributed by atoms with E-state index in [2.05, 4.69) is 11.9 Å². The van der Waals surface area contributed by atoms with Gasteiger partial charge in [0.2, 0.25) is 5.78 Å². The molecule has 0 bridgehead atoms. The van der Waals surface area contributed by atoms with Gasteiger partial charge in [0.15, 0.2) is 0 Å². The summed E-state index contributed by atoms with van der Waals surface area (Å²) in [6.07, 6.45) is 0.864. The first-order valence-electron chi connectivity index (χ1n) is 10.3. The standard InChI is InChI=1S/C25H22ClN3O2S/c1-29-12-11-19-18(13-29)20(14-5-9-17(31-2)10-6-14)21-22(27)24(32-25(21)28-19)23(30)15-3-7-16(26)8-4-15/h3-10H,11-13,27H2,1-2H3. The van der Waals surface area contributed by atoms with Gasteiger partial charge in [-0.15, -0.1) is 11.3 Å². The molecular formula is C25H22ClN3O2S. The lowest BCUT2D eigenvalue weighted by Crippen LogP contribution is -2.27. The van der Waals surface area contributed by atoms with Crippen LogP contribution in [0.2, 0.25) is 5.02 Å². The number of hydrogen-bond donors (Lipinski definition) is 1. The fourth-order valence-corrected chi connectivity index (χ4v) is 5.45. The van der Waals surface area contributed by atoms with Crippen LogP contribution in [-0.4, -0.2) is 36.4 Å². The van der Waals surface area contributed by atoms with Gasteiger partial charge >= 0.3 is 0 Å². The zero-order chi connectivity index (χ0) is 22.4. The van der Waals surface area contributed by atoms with E-state index in [0.717, 1.165) is 52.3 Å². The Bertz CT molecular complexity index is 1330. The van der Waals surface area contributed by atoms with Crippen molar-refractivity contribution in [1.82, 2.24) is 9.88 Å². The highest BCUT2D eigenvalue weighted by molar-refractivity contribution is 7.21. The van der Waals surface area contributed by atoms with E-state index < -0.39 is 0 Å². The lowest BCUT2D eigenvalue weighted by Gasteiger charge is -2.27. The van der Waals surface area contributed by atoms with E-state index in [-0.39, 0.29) is 5.78 Å². The molecule has 0 unspecified atom stereocenters. The minimum Gasteiger partial charge on any atom is -0.497 e. The average Bonchev–Trinajstić information content (AvgIpc) is 3.13. The molecule has 2 N–H and O–H groups in total. The number of likely N-dealkylation sites (N-methyl/N-ethyl adjacent to an activating group) is 1. The number of carbonyl (C=O) groups excluding carboxylic acids is 1. The number of aromatic nitrogens is 1.